The molecule has 1 rings (SSSR count). The predicted molar refractivity (Wildman–Crippen MR) is 63.2 cm³/mol. The summed E-state index contributed by atoms with van der Waals surface area (Å²) in [6.07, 6.45) is 0.110. The van der Waals surface area contributed by atoms with Crippen LogP contribution < -0.4 is 0 Å². The Bertz CT molecular complexity index is 254. The molecule has 2 nitrogen and oxygen atoms in total. The summed E-state index contributed by atoms with van der Waals surface area (Å²) >= 11 is 0. The van der Waals surface area contributed by atoms with Crippen LogP contribution in [0.2, 0.25) is 0 Å². The Labute approximate surface area is 87.5 Å². The molecule has 0 unspecified atom stereocenters. The number of nitrogens with zero attached hydrogens (tertiary/aromatic N) is 2. The lowest BCUT2D eigenvalue weighted by atomic mass is 9.78. The standard InChI is InChI=1S/C12H22N2/c1-8-13-9(11(2,3)4)10(14-8)12(5,6)7/h8H,1-7H3. The zero-order chi connectivity index (χ0) is 11.1. The van der Waals surface area contributed by atoms with E-state index in [0.29, 0.717) is 0 Å². The van der Waals surface area contributed by atoms with Gasteiger partial charge in [-0.3, -0.25) is 9.98 Å². The summed E-state index contributed by atoms with van der Waals surface area (Å²) in [4.78, 5) is 9.24. The third kappa shape index (κ3) is 2.23. The third-order valence-electron chi connectivity index (χ3n) is 2.28. The minimum atomic E-state index is 0.108. The quantitative estimate of drug-likeness (QED) is 0.565. The van der Waals surface area contributed by atoms with Crippen LogP contribution in [0, 0.1) is 10.8 Å². The van der Waals surface area contributed by atoms with Crippen molar-refractivity contribution in [2.45, 2.75) is 54.6 Å². The highest BCUT2D eigenvalue weighted by atomic mass is 15.1. The zero-order valence-corrected chi connectivity index (χ0v) is 10.5. The molecule has 0 aromatic rings. The summed E-state index contributed by atoms with van der Waals surface area (Å²) in [6.45, 7) is 15.2. The van der Waals surface area contributed by atoms with Crippen LogP contribution in [0.5, 0.6) is 0 Å². The molecular weight excluding hydrogens is 172 g/mol. The highest BCUT2D eigenvalue weighted by Gasteiger charge is 2.34. The van der Waals surface area contributed by atoms with Gasteiger partial charge in [0.25, 0.3) is 0 Å². The first-order valence-electron chi connectivity index (χ1n) is 5.29. The molecule has 0 radical (unpaired) electrons. The van der Waals surface area contributed by atoms with Gasteiger partial charge in [-0.05, 0) is 6.92 Å². The first kappa shape index (κ1) is 11.4. The van der Waals surface area contributed by atoms with Gasteiger partial charge in [0.05, 0.1) is 11.4 Å². The molecule has 2 heteroatoms. The van der Waals surface area contributed by atoms with Gasteiger partial charge in [0.1, 0.15) is 6.17 Å². The highest BCUT2D eigenvalue weighted by molar-refractivity contribution is 6.46. The molecule has 1 heterocycles. The Morgan fingerprint density at radius 3 is 1.29 bits per heavy atom. The lowest BCUT2D eigenvalue weighted by Gasteiger charge is -2.27. The van der Waals surface area contributed by atoms with Crippen LogP contribution in [-0.4, -0.2) is 17.6 Å². The minimum Gasteiger partial charge on any atom is -0.261 e. The van der Waals surface area contributed by atoms with E-state index in [0.717, 1.165) is 0 Å². The second-order valence-corrected chi connectivity index (χ2v) is 6.09. The number of hydrogen-bond donors (Lipinski definition) is 0. The fraction of sp³-hybridized carbons (Fsp3) is 0.833. The zero-order valence-electron chi connectivity index (χ0n) is 10.5. The topological polar surface area (TPSA) is 24.7 Å². The van der Waals surface area contributed by atoms with Gasteiger partial charge in [-0.15, -0.1) is 0 Å². The lowest BCUT2D eigenvalue weighted by molar-refractivity contribution is 0.569. The molecule has 0 saturated carbocycles. The molecular formula is C12H22N2. The molecule has 0 bridgehead atoms. The molecule has 0 aromatic carbocycles. The normalized spacial score (nSPS) is 19.6. The first-order valence-corrected chi connectivity index (χ1v) is 5.29. The molecule has 1 aliphatic heterocycles. The van der Waals surface area contributed by atoms with Crippen molar-refractivity contribution >= 4 is 11.4 Å². The summed E-state index contributed by atoms with van der Waals surface area (Å²) in [5.74, 6) is 0. The molecule has 0 saturated heterocycles. The molecule has 0 N–H and O–H groups in total. The second kappa shape index (κ2) is 3.18. The van der Waals surface area contributed by atoms with E-state index in [1.54, 1.807) is 0 Å². The van der Waals surface area contributed by atoms with Crippen LogP contribution >= 0.6 is 0 Å². The molecule has 0 aliphatic carbocycles. The fourth-order valence-corrected chi connectivity index (χ4v) is 1.62. The summed E-state index contributed by atoms with van der Waals surface area (Å²) in [5.41, 5.74) is 2.57. The molecule has 1 aliphatic rings. The van der Waals surface area contributed by atoms with E-state index >= 15 is 0 Å². The average Bonchev–Trinajstić information content (AvgIpc) is 2.27. The summed E-state index contributed by atoms with van der Waals surface area (Å²) in [5, 5.41) is 0. The van der Waals surface area contributed by atoms with Crippen LogP contribution in [0.1, 0.15) is 48.5 Å². The van der Waals surface area contributed by atoms with E-state index in [1.807, 2.05) is 6.92 Å². The van der Waals surface area contributed by atoms with Gasteiger partial charge in [-0.2, -0.15) is 0 Å². The maximum absolute atomic E-state index is 4.62. The monoisotopic (exact) mass is 194 g/mol. The summed E-state index contributed by atoms with van der Waals surface area (Å²) < 4.78 is 0. The summed E-state index contributed by atoms with van der Waals surface area (Å²) in [7, 11) is 0. The van der Waals surface area contributed by atoms with Crippen molar-refractivity contribution in [1.82, 2.24) is 0 Å². The van der Waals surface area contributed by atoms with Gasteiger partial charge >= 0.3 is 0 Å². The van der Waals surface area contributed by atoms with Crippen molar-refractivity contribution in [3.8, 4) is 0 Å². The second-order valence-electron chi connectivity index (χ2n) is 6.09. The highest BCUT2D eigenvalue weighted by Crippen LogP contribution is 2.30. The van der Waals surface area contributed by atoms with E-state index in [9.17, 15) is 0 Å². The van der Waals surface area contributed by atoms with Gasteiger partial charge in [0.15, 0.2) is 0 Å². The van der Waals surface area contributed by atoms with Crippen molar-refractivity contribution < 1.29 is 0 Å². The Hall–Kier alpha value is -0.660. The van der Waals surface area contributed by atoms with Crippen LogP contribution in [0.4, 0.5) is 0 Å². The van der Waals surface area contributed by atoms with Crippen LogP contribution in [0.15, 0.2) is 9.98 Å². The predicted octanol–water partition coefficient (Wildman–Crippen LogP) is 3.32. The Balaban J connectivity index is 3.10. The van der Waals surface area contributed by atoms with Gasteiger partial charge in [-0.25, -0.2) is 0 Å². The number of aliphatic imine (C=N–C) groups is 2. The van der Waals surface area contributed by atoms with Crippen molar-refractivity contribution in [1.29, 1.82) is 0 Å². The van der Waals surface area contributed by atoms with E-state index < -0.39 is 0 Å². The van der Waals surface area contributed by atoms with Gasteiger partial charge in [0.2, 0.25) is 0 Å². The van der Waals surface area contributed by atoms with E-state index in [1.165, 1.54) is 11.4 Å². The minimum absolute atomic E-state index is 0.108. The molecule has 0 aromatic heterocycles. The van der Waals surface area contributed by atoms with Gasteiger partial charge in [-0.1, -0.05) is 41.5 Å². The average molecular weight is 194 g/mol. The van der Waals surface area contributed by atoms with Crippen LogP contribution in [0.25, 0.3) is 0 Å². The van der Waals surface area contributed by atoms with Gasteiger partial charge in [0, 0.05) is 10.8 Å². The Morgan fingerprint density at radius 2 is 1.07 bits per heavy atom. The maximum Gasteiger partial charge on any atom is 0.137 e. The van der Waals surface area contributed by atoms with Crippen molar-refractivity contribution in [2.75, 3.05) is 0 Å². The molecule has 14 heavy (non-hydrogen) atoms. The third-order valence-corrected chi connectivity index (χ3v) is 2.28. The van der Waals surface area contributed by atoms with Crippen molar-refractivity contribution in [3.05, 3.63) is 0 Å². The molecule has 0 atom stereocenters. The number of rotatable bonds is 0. The van der Waals surface area contributed by atoms with Gasteiger partial charge < -0.3 is 0 Å². The van der Waals surface area contributed by atoms with Crippen LogP contribution in [0.3, 0.4) is 0 Å². The van der Waals surface area contributed by atoms with Crippen molar-refractivity contribution in [2.24, 2.45) is 20.8 Å². The lowest BCUT2D eigenvalue weighted by Crippen LogP contribution is -2.35. The first-order chi connectivity index (χ1) is 6.12. The maximum atomic E-state index is 4.62. The summed E-state index contributed by atoms with van der Waals surface area (Å²) in [6, 6.07) is 0. The van der Waals surface area contributed by atoms with E-state index in [2.05, 4.69) is 51.5 Å². The van der Waals surface area contributed by atoms with Crippen LogP contribution in [-0.2, 0) is 0 Å². The molecule has 0 fully saturated rings. The molecule has 80 valence electrons. The number of hydrogen-bond acceptors (Lipinski definition) is 2. The fourth-order valence-electron chi connectivity index (χ4n) is 1.62. The Kier molecular flexibility index (Phi) is 2.59. The van der Waals surface area contributed by atoms with E-state index in [4.69, 9.17) is 0 Å². The SMILES string of the molecule is CC1N=C(C(C)(C)C)C(C(C)(C)C)=N1. The van der Waals surface area contributed by atoms with E-state index in [-0.39, 0.29) is 17.0 Å². The largest absolute Gasteiger partial charge is 0.261 e. The molecule has 0 spiro atoms. The Morgan fingerprint density at radius 1 is 0.786 bits per heavy atom. The molecule has 0 amide bonds. The smallest absolute Gasteiger partial charge is 0.137 e. The van der Waals surface area contributed by atoms with Crippen molar-refractivity contribution in [3.63, 3.8) is 0 Å².